The molecule has 1 unspecified atom stereocenters. The number of nitrogens with zero attached hydrogens (tertiary/aromatic N) is 1. The molecule has 0 bridgehead atoms. The third-order valence-corrected chi connectivity index (χ3v) is 2.98. The fraction of sp³-hybridized carbons (Fsp3) is 0.300. The van der Waals surface area contributed by atoms with Crippen molar-refractivity contribution in [3.63, 3.8) is 0 Å². The summed E-state index contributed by atoms with van der Waals surface area (Å²) in [7, 11) is 0. The number of halogens is 3. The standard InChI is InChI=1S/C10H8BrClFN/c11-5-7(6-14)3-8-1-2-9(13)4-10(8)12/h1-2,4,7H,3,5H2. The van der Waals surface area contributed by atoms with Gasteiger partial charge in [-0.05, 0) is 24.1 Å². The SMILES string of the molecule is N#CC(CBr)Cc1ccc(F)cc1Cl. The van der Waals surface area contributed by atoms with E-state index in [4.69, 9.17) is 16.9 Å². The van der Waals surface area contributed by atoms with E-state index in [9.17, 15) is 4.39 Å². The lowest BCUT2D eigenvalue weighted by Crippen LogP contribution is -2.03. The predicted octanol–water partition coefficient (Wildman–Crippen LogP) is 3.56. The molecule has 0 radical (unpaired) electrons. The second-order valence-corrected chi connectivity index (χ2v) is 3.97. The highest BCUT2D eigenvalue weighted by Gasteiger charge is 2.09. The molecule has 0 amide bonds. The Balaban J connectivity index is 2.82. The molecule has 14 heavy (non-hydrogen) atoms. The van der Waals surface area contributed by atoms with Crippen molar-refractivity contribution in [2.24, 2.45) is 5.92 Å². The Morgan fingerprint density at radius 3 is 2.79 bits per heavy atom. The van der Waals surface area contributed by atoms with Gasteiger partial charge in [-0.1, -0.05) is 33.6 Å². The van der Waals surface area contributed by atoms with Crippen molar-refractivity contribution < 1.29 is 4.39 Å². The lowest BCUT2D eigenvalue weighted by molar-refractivity contribution is 0.626. The maximum absolute atomic E-state index is 12.7. The zero-order valence-corrected chi connectivity index (χ0v) is 9.65. The Morgan fingerprint density at radius 1 is 1.57 bits per heavy atom. The first kappa shape index (κ1) is 11.5. The van der Waals surface area contributed by atoms with Crippen molar-refractivity contribution in [2.45, 2.75) is 6.42 Å². The quantitative estimate of drug-likeness (QED) is 0.775. The molecule has 0 spiro atoms. The number of alkyl halides is 1. The molecule has 0 aromatic heterocycles. The Labute approximate surface area is 95.6 Å². The Kier molecular flexibility index (Phi) is 4.37. The summed E-state index contributed by atoms with van der Waals surface area (Å²) in [5.74, 6) is -0.482. The summed E-state index contributed by atoms with van der Waals surface area (Å²) in [5, 5.41) is 9.71. The van der Waals surface area contributed by atoms with Crippen LogP contribution in [0.25, 0.3) is 0 Å². The van der Waals surface area contributed by atoms with Gasteiger partial charge in [0, 0.05) is 10.4 Å². The van der Waals surface area contributed by atoms with Gasteiger partial charge in [0.1, 0.15) is 5.82 Å². The molecule has 0 aliphatic rings. The smallest absolute Gasteiger partial charge is 0.124 e. The van der Waals surface area contributed by atoms with Crippen LogP contribution in [0.1, 0.15) is 5.56 Å². The fourth-order valence-electron chi connectivity index (χ4n) is 1.09. The maximum Gasteiger partial charge on any atom is 0.124 e. The van der Waals surface area contributed by atoms with E-state index in [2.05, 4.69) is 22.0 Å². The number of hydrogen-bond acceptors (Lipinski definition) is 1. The first-order valence-electron chi connectivity index (χ1n) is 4.07. The first-order valence-corrected chi connectivity index (χ1v) is 5.57. The second kappa shape index (κ2) is 5.33. The molecule has 1 rings (SSSR count). The number of nitriles is 1. The van der Waals surface area contributed by atoms with E-state index in [0.29, 0.717) is 16.8 Å². The minimum Gasteiger partial charge on any atom is -0.207 e. The Hall–Kier alpha value is -0.590. The van der Waals surface area contributed by atoms with Gasteiger partial charge in [-0.3, -0.25) is 0 Å². The Morgan fingerprint density at radius 2 is 2.29 bits per heavy atom. The molecule has 0 saturated carbocycles. The highest BCUT2D eigenvalue weighted by Crippen LogP contribution is 2.21. The van der Waals surface area contributed by atoms with Gasteiger partial charge in [-0.25, -0.2) is 4.39 Å². The topological polar surface area (TPSA) is 23.8 Å². The van der Waals surface area contributed by atoms with Crippen molar-refractivity contribution in [3.8, 4) is 6.07 Å². The van der Waals surface area contributed by atoms with Crippen molar-refractivity contribution in [1.29, 1.82) is 5.26 Å². The van der Waals surface area contributed by atoms with Crippen LogP contribution in [0.2, 0.25) is 5.02 Å². The van der Waals surface area contributed by atoms with Gasteiger partial charge in [-0.15, -0.1) is 0 Å². The minimum absolute atomic E-state index is 0.127. The zero-order chi connectivity index (χ0) is 10.6. The molecule has 0 saturated heterocycles. The lowest BCUT2D eigenvalue weighted by Gasteiger charge is -2.06. The molecule has 0 aliphatic heterocycles. The van der Waals surface area contributed by atoms with Gasteiger partial charge in [0.25, 0.3) is 0 Å². The molecule has 0 fully saturated rings. The average Bonchev–Trinajstić information content (AvgIpc) is 2.17. The van der Waals surface area contributed by atoms with E-state index in [-0.39, 0.29) is 11.7 Å². The van der Waals surface area contributed by atoms with E-state index in [1.165, 1.54) is 12.1 Å². The molecule has 1 aromatic carbocycles. The maximum atomic E-state index is 12.7. The van der Waals surface area contributed by atoms with Crippen molar-refractivity contribution in [3.05, 3.63) is 34.6 Å². The van der Waals surface area contributed by atoms with Gasteiger partial charge in [0.2, 0.25) is 0 Å². The molecule has 0 heterocycles. The van der Waals surface area contributed by atoms with Crippen LogP contribution in [0, 0.1) is 23.1 Å². The van der Waals surface area contributed by atoms with E-state index in [1.54, 1.807) is 6.07 Å². The van der Waals surface area contributed by atoms with Crippen molar-refractivity contribution in [2.75, 3.05) is 5.33 Å². The van der Waals surface area contributed by atoms with Crippen LogP contribution >= 0.6 is 27.5 Å². The monoisotopic (exact) mass is 275 g/mol. The van der Waals surface area contributed by atoms with Crippen molar-refractivity contribution in [1.82, 2.24) is 0 Å². The number of benzene rings is 1. The molecule has 1 atom stereocenters. The summed E-state index contributed by atoms with van der Waals surface area (Å²) >= 11 is 9.06. The molecule has 1 nitrogen and oxygen atoms in total. The summed E-state index contributed by atoms with van der Waals surface area (Å²) in [5.41, 5.74) is 0.805. The van der Waals surface area contributed by atoms with Crippen LogP contribution in [-0.2, 0) is 6.42 Å². The van der Waals surface area contributed by atoms with Crippen LogP contribution < -0.4 is 0 Å². The van der Waals surface area contributed by atoms with E-state index in [0.717, 1.165) is 5.56 Å². The molecule has 4 heteroatoms. The Bertz CT molecular complexity index is 362. The molecular weight excluding hydrogens is 268 g/mol. The van der Waals surface area contributed by atoms with Crippen molar-refractivity contribution >= 4 is 27.5 Å². The fourth-order valence-corrected chi connectivity index (χ4v) is 1.71. The molecule has 74 valence electrons. The van der Waals surface area contributed by atoms with Gasteiger partial charge < -0.3 is 0 Å². The number of rotatable bonds is 3. The molecular formula is C10H8BrClFN. The summed E-state index contributed by atoms with van der Waals surface area (Å²) in [4.78, 5) is 0. The highest BCUT2D eigenvalue weighted by molar-refractivity contribution is 9.09. The second-order valence-electron chi connectivity index (χ2n) is 2.92. The third-order valence-electron chi connectivity index (χ3n) is 1.85. The zero-order valence-electron chi connectivity index (χ0n) is 7.30. The molecule has 0 N–H and O–H groups in total. The predicted molar refractivity (Wildman–Crippen MR) is 58.0 cm³/mol. The van der Waals surface area contributed by atoms with Crippen LogP contribution in [0.15, 0.2) is 18.2 Å². The van der Waals surface area contributed by atoms with Crippen LogP contribution in [0.3, 0.4) is 0 Å². The lowest BCUT2D eigenvalue weighted by atomic mass is 10.0. The third kappa shape index (κ3) is 2.97. The van der Waals surface area contributed by atoms with E-state index >= 15 is 0 Å². The van der Waals surface area contributed by atoms with Gasteiger partial charge in [0.05, 0.1) is 12.0 Å². The normalized spacial score (nSPS) is 12.1. The molecule has 0 aliphatic carbocycles. The first-order chi connectivity index (χ1) is 6.67. The van der Waals surface area contributed by atoms with Gasteiger partial charge in [0.15, 0.2) is 0 Å². The highest BCUT2D eigenvalue weighted by atomic mass is 79.9. The van der Waals surface area contributed by atoms with Gasteiger partial charge >= 0.3 is 0 Å². The van der Waals surface area contributed by atoms with E-state index in [1.807, 2.05) is 0 Å². The van der Waals surface area contributed by atoms with E-state index < -0.39 is 0 Å². The summed E-state index contributed by atoms with van der Waals surface area (Å²) in [6.07, 6.45) is 0.543. The van der Waals surface area contributed by atoms with Crippen LogP contribution in [0.4, 0.5) is 4.39 Å². The summed E-state index contributed by atoms with van der Waals surface area (Å²) in [6, 6.07) is 6.37. The summed E-state index contributed by atoms with van der Waals surface area (Å²) in [6.45, 7) is 0. The van der Waals surface area contributed by atoms with Crippen LogP contribution in [-0.4, -0.2) is 5.33 Å². The average molecular weight is 277 g/mol. The summed E-state index contributed by atoms with van der Waals surface area (Å²) < 4.78 is 12.7. The number of hydrogen-bond donors (Lipinski definition) is 0. The van der Waals surface area contributed by atoms with Gasteiger partial charge in [-0.2, -0.15) is 5.26 Å². The minimum atomic E-state index is -0.355. The van der Waals surface area contributed by atoms with Crippen LogP contribution in [0.5, 0.6) is 0 Å². The molecule has 1 aromatic rings. The largest absolute Gasteiger partial charge is 0.207 e.